The largest absolute Gasteiger partial charge is 0.480 e. The summed E-state index contributed by atoms with van der Waals surface area (Å²) in [7, 11) is 0. The van der Waals surface area contributed by atoms with Crippen molar-refractivity contribution in [3.8, 4) is 0 Å². The molecule has 78 valence electrons. The normalized spacial score (nSPS) is 34.1. The highest BCUT2D eigenvalue weighted by Gasteiger charge is 2.36. The number of carbonyl (C=O) groups is 1. The van der Waals surface area contributed by atoms with Crippen molar-refractivity contribution in [1.29, 1.82) is 0 Å². The summed E-state index contributed by atoms with van der Waals surface area (Å²) in [5.74, 6) is 0.695. The highest BCUT2D eigenvalue weighted by Crippen LogP contribution is 2.33. The number of hydrogen-bond donors (Lipinski definition) is 1. The molecule has 1 aliphatic carbocycles. The number of hydrogen-bond acceptors (Lipinski definition) is 2. The molecule has 2 rings (SSSR count). The van der Waals surface area contributed by atoms with Crippen molar-refractivity contribution < 1.29 is 9.90 Å². The summed E-state index contributed by atoms with van der Waals surface area (Å²) < 4.78 is 0. The smallest absolute Gasteiger partial charge is 0.320 e. The number of carboxylic acid groups (broad SMARTS) is 1. The molecule has 3 nitrogen and oxygen atoms in total. The van der Waals surface area contributed by atoms with Gasteiger partial charge in [-0.05, 0) is 31.6 Å². The monoisotopic (exact) mass is 195 g/mol. The Balaban J connectivity index is 1.98. The van der Waals surface area contributed by atoms with E-state index in [1.807, 2.05) is 0 Å². The molecule has 14 heavy (non-hydrogen) atoms. The SMILES string of the molecule is CC(C(=O)O)N1CC2CC=CCC2C1. The van der Waals surface area contributed by atoms with Gasteiger partial charge in [0.25, 0.3) is 0 Å². The average Bonchev–Trinajstić information content (AvgIpc) is 2.59. The molecule has 1 heterocycles. The predicted molar refractivity (Wildman–Crippen MR) is 54.0 cm³/mol. The van der Waals surface area contributed by atoms with Crippen molar-refractivity contribution in [2.75, 3.05) is 13.1 Å². The number of aliphatic carboxylic acids is 1. The maximum absolute atomic E-state index is 10.8. The molecular weight excluding hydrogens is 178 g/mol. The molecule has 0 saturated carbocycles. The van der Waals surface area contributed by atoms with E-state index < -0.39 is 5.97 Å². The van der Waals surface area contributed by atoms with Gasteiger partial charge in [0.2, 0.25) is 0 Å². The van der Waals surface area contributed by atoms with E-state index in [-0.39, 0.29) is 6.04 Å². The number of rotatable bonds is 2. The van der Waals surface area contributed by atoms with Gasteiger partial charge in [0.05, 0.1) is 0 Å². The lowest BCUT2D eigenvalue weighted by atomic mass is 9.86. The van der Waals surface area contributed by atoms with E-state index in [1.54, 1.807) is 6.92 Å². The molecule has 0 bridgehead atoms. The van der Waals surface area contributed by atoms with Crippen LogP contribution in [0.1, 0.15) is 19.8 Å². The first-order valence-corrected chi connectivity index (χ1v) is 5.30. The lowest BCUT2D eigenvalue weighted by molar-refractivity contribution is -0.142. The summed E-state index contributed by atoms with van der Waals surface area (Å²) in [6, 6.07) is -0.319. The van der Waals surface area contributed by atoms with Gasteiger partial charge in [-0.3, -0.25) is 9.69 Å². The Bertz CT molecular complexity index is 246. The molecule has 0 radical (unpaired) electrons. The molecule has 0 aromatic rings. The Kier molecular flexibility index (Phi) is 2.59. The minimum absolute atomic E-state index is 0.319. The maximum atomic E-state index is 10.8. The zero-order valence-corrected chi connectivity index (χ0v) is 8.52. The van der Waals surface area contributed by atoms with E-state index in [4.69, 9.17) is 5.11 Å². The van der Waals surface area contributed by atoms with Gasteiger partial charge in [0.15, 0.2) is 0 Å². The van der Waals surface area contributed by atoms with Crippen LogP contribution in [0.4, 0.5) is 0 Å². The third kappa shape index (κ3) is 1.69. The van der Waals surface area contributed by atoms with E-state index in [0.717, 1.165) is 25.9 Å². The standard InChI is InChI=1S/C11H17NO2/c1-8(11(13)14)12-6-9-4-2-3-5-10(9)7-12/h2-3,8-10H,4-7H2,1H3,(H,13,14). The lowest BCUT2D eigenvalue weighted by Gasteiger charge is -2.19. The van der Waals surface area contributed by atoms with E-state index in [9.17, 15) is 4.79 Å². The molecular formula is C11H17NO2. The molecule has 3 unspecified atom stereocenters. The van der Waals surface area contributed by atoms with Crippen molar-refractivity contribution in [1.82, 2.24) is 4.90 Å². The van der Waals surface area contributed by atoms with E-state index in [1.165, 1.54) is 0 Å². The minimum Gasteiger partial charge on any atom is -0.480 e. The van der Waals surface area contributed by atoms with Gasteiger partial charge in [-0.1, -0.05) is 12.2 Å². The molecule has 3 atom stereocenters. The summed E-state index contributed by atoms with van der Waals surface area (Å²) in [6.45, 7) is 3.71. The van der Waals surface area contributed by atoms with Gasteiger partial charge in [-0.15, -0.1) is 0 Å². The molecule has 0 spiro atoms. The highest BCUT2D eigenvalue weighted by molar-refractivity contribution is 5.72. The van der Waals surface area contributed by atoms with Crippen LogP contribution in [0.5, 0.6) is 0 Å². The van der Waals surface area contributed by atoms with Crippen LogP contribution in [0, 0.1) is 11.8 Å². The van der Waals surface area contributed by atoms with Crippen molar-refractivity contribution in [3.63, 3.8) is 0 Å². The second-order valence-electron chi connectivity index (χ2n) is 4.43. The fourth-order valence-electron chi connectivity index (χ4n) is 2.52. The van der Waals surface area contributed by atoms with Crippen molar-refractivity contribution in [3.05, 3.63) is 12.2 Å². The zero-order valence-electron chi connectivity index (χ0n) is 8.52. The summed E-state index contributed by atoms with van der Waals surface area (Å²) in [4.78, 5) is 12.9. The fourth-order valence-corrected chi connectivity index (χ4v) is 2.52. The topological polar surface area (TPSA) is 40.5 Å². The highest BCUT2D eigenvalue weighted by atomic mass is 16.4. The number of nitrogens with zero attached hydrogens (tertiary/aromatic N) is 1. The number of likely N-dealkylation sites (tertiary alicyclic amines) is 1. The minimum atomic E-state index is -0.698. The molecule has 0 aromatic heterocycles. The molecule has 1 N–H and O–H groups in total. The third-order valence-corrected chi connectivity index (χ3v) is 3.55. The number of fused-ring (bicyclic) bond motifs is 1. The molecule has 1 aliphatic heterocycles. The van der Waals surface area contributed by atoms with Crippen LogP contribution in [-0.2, 0) is 4.79 Å². The summed E-state index contributed by atoms with van der Waals surface area (Å²) in [5, 5.41) is 8.92. The Hall–Kier alpha value is -0.830. The van der Waals surface area contributed by atoms with Gasteiger partial charge in [0, 0.05) is 13.1 Å². The second kappa shape index (κ2) is 3.73. The van der Waals surface area contributed by atoms with E-state index >= 15 is 0 Å². The summed E-state index contributed by atoms with van der Waals surface area (Å²) >= 11 is 0. The first kappa shape index (κ1) is 9.71. The lowest BCUT2D eigenvalue weighted by Crippen LogP contribution is -2.37. The van der Waals surface area contributed by atoms with E-state index in [2.05, 4.69) is 17.1 Å². The van der Waals surface area contributed by atoms with Crippen molar-refractivity contribution in [2.45, 2.75) is 25.8 Å². The second-order valence-corrected chi connectivity index (χ2v) is 4.43. The summed E-state index contributed by atoms with van der Waals surface area (Å²) in [5.41, 5.74) is 0. The van der Waals surface area contributed by atoms with Crippen LogP contribution >= 0.6 is 0 Å². The van der Waals surface area contributed by atoms with Gasteiger partial charge < -0.3 is 5.11 Å². The van der Waals surface area contributed by atoms with Crippen LogP contribution < -0.4 is 0 Å². The van der Waals surface area contributed by atoms with Crippen LogP contribution in [0.15, 0.2) is 12.2 Å². The number of carboxylic acids is 1. The quantitative estimate of drug-likeness (QED) is 0.676. The van der Waals surface area contributed by atoms with Gasteiger partial charge in [0.1, 0.15) is 6.04 Å². The summed E-state index contributed by atoms with van der Waals surface area (Å²) in [6.07, 6.45) is 6.73. The molecule has 0 aromatic carbocycles. The van der Waals surface area contributed by atoms with E-state index in [0.29, 0.717) is 11.8 Å². The Morgan fingerprint density at radius 2 is 1.86 bits per heavy atom. The Labute approximate surface area is 84.4 Å². The van der Waals surface area contributed by atoms with Crippen LogP contribution in [-0.4, -0.2) is 35.1 Å². The molecule has 2 aliphatic rings. The molecule has 0 amide bonds. The first-order valence-electron chi connectivity index (χ1n) is 5.30. The van der Waals surface area contributed by atoms with Crippen LogP contribution in [0.2, 0.25) is 0 Å². The molecule has 3 heteroatoms. The molecule has 1 saturated heterocycles. The maximum Gasteiger partial charge on any atom is 0.320 e. The Morgan fingerprint density at radius 3 is 2.29 bits per heavy atom. The number of allylic oxidation sites excluding steroid dienone is 2. The fraction of sp³-hybridized carbons (Fsp3) is 0.727. The van der Waals surface area contributed by atoms with Gasteiger partial charge >= 0.3 is 5.97 Å². The Morgan fingerprint density at radius 1 is 1.36 bits per heavy atom. The third-order valence-electron chi connectivity index (χ3n) is 3.55. The van der Waals surface area contributed by atoms with Crippen LogP contribution in [0.3, 0.4) is 0 Å². The molecule has 1 fully saturated rings. The van der Waals surface area contributed by atoms with Gasteiger partial charge in [-0.25, -0.2) is 0 Å². The zero-order chi connectivity index (χ0) is 10.1. The first-order chi connectivity index (χ1) is 6.68. The average molecular weight is 195 g/mol. The van der Waals surface area contributed by atoms with Crippen LogP contribution in [0.25, 0.3) is 0 Å². The van der Waals surface area contributed by atoms with Crippen molar-refractivity contribution >= 4 is 5.97 Å². The van der Waals surface area contributed by atoms with Gasteiger partial charge in [-0.2, -0.15) is 0 Å². The van der Waals surface area contributed by atoms with Crippen molar-refractivity contribution in [2.24, 2.45) is 11.8 Å². The predicted octanol–water partition coefficient (Wildman–Crippen LogP) is 1.36.